The SMILES string of the molecule is CCn1c(COc2ccc(F)cc2Cl)nnc1SCc1cccc2ccccc12. The van der Waals surface area contributed by atoms with Gasteiger partial charge in [0.05, 0.1) is 5.02 Å². The molecule has 29 heavy (non-hydrogen) atoms. The van der Waals surface area contributed by atoms with Gasteiger partial charge in [-0.1, -0.05) is 65.8 Å². The smallest absolute Gasteiger partial charge is 0.191 e. The Morgan fingerprint density at radius 2 is 1.90 bits per heavy atom. The first-order valence-corrected chi connectivity index (χ1v) is 10.6. The maximum atomic E-state index is 13.2. The second-order valence-electron chi connectivity index (χ2n) is 6.43. The van der Waals surface area contributed by atoms with Crippen molar-refractivity contribution in [2.75, 3.05) is 0 Å². The van der Waals surface area contributed by atoms with Crippen LogP contribution in [0.15, 0.2) is 65.8 Å². The minimum absolute atomic E-state index is 0.209. The fourth-order valence-electron chi connectivity index (χ4n) is 3.15. The van der Waals surface area contributed by atoms with E-state index in [0.717, 1.165) is 17.5 Å². The second kappa shape index (κ2) is 8.84. The molecular weight excluding hydrogens is 409 g/mol. The third-order valence-corrected chi connectivity index (χ3v) is 5.91. The zero-order valence-corrected chi connectivity index (χ0v) is 17.4. The second-order valence-corrected chi connectivity index (χ2v) is 7.78. The molecule has 0 N–H and O–H groups in total. The van der Waals surface area contributed by atoms with E-state index in [4.69, 9.17) is 16.3 Å². The monoisotopic (exact) mass is 427 g/mol. The molecular formula is C22H19ClFN3OS. The van der Waals surface area contributed by atoms with E-state index in [1.54, 1.807) is 11.8 Å². The molecule has 4 rings (SSSR count). The van der Waals surface area contributed by atoms with Gasteiger partial charge in [-0.05, 0) is 41.5 Å². The molecule has 148 valence electrons. The number of rotatable bonds is 7. The average Bonchev–Trinajstić information content (AvgIpc) is 3.13. The van der Waals surface area contributed by atoms with Crippen molar-refractivity contribution in [2.45, 2.75) is 31.0 Å². The summed E-state index contributed by atoms with van der Waals surface area (Å²) in [6, 6.07) is 18.8. The summed E-state index contributed by atoms with van der Waals surface area (Å²) in [5, 5.41) is 12.2. The molecule has 1 heterocycles. The summed E-state index contributed by atoms with van der Waals surface area (Å²) in [5.74, 6) is 1.52. The van der Waals surface area contributed by atoms with Gasteiger partial charge in [0.1, 0.15) is 18.2 Å². The van der Waals surface area contributed by atoms with Crippen LogP contribution < -0.4 is 4.74 Å². The Balaban J connectivity index is 1.48. The summed E-state index contributed by atoms with van der Waals surface area (Å²) in [6.45, 7) is 2.97. The highest BCUT2D eigenvalue weighted by Gasteiger charge is 2.14. The third kappa shape index (κ3) is 4.38. The van der Waals surface area contributed by atoms with E-state index in [1.165, 1.54) is 34.5 Å². The summed E-state index contributed by atoms with van der Waals surface area (Å²) in [4.78, 5) is 0. The molecule has 7 heteroatoms. The Labute approximate surface area is 177 Å². The van der Waals surface area contributed by atoms with E-state index in [9.17, 15) is 4.39 Å². The standard InChI is InChI=1S/C22H19ClFN3OS/c1-2-27-21(13-28-20-11-10-17(24)12-19(20)23)25-26-22(27)29-14-16-8-5-7-15-6-3-4-9-18(15)16/h3-12H,2,13-14H2,1H3. The van der Waals surface area contributed by atoms with Crippen LogP contribution in [0.25, 0.3) is 10.8 Å². The lowest BCUT2D eigenvalue weighted by atomic mass is 10.1. The summed E-state index contributed by atoms with van der Waals surface area (Å²) in [5.41, 5.74) is 1.26. The van der Waals surface area contributed by atoms with Gasteiger partial charge in [0.15, 0.2) is 11.0 Å². The Kier molecular flexibility index (Phi) is 6.02. The summed E-state index contributed by atoms with van der Waals surface area (Å²) in [6.07, 6.45) is 0. The Morgan fingerprint density at radius 3 is 2.72 bits per heavy atom. The molecule has 0 saturated carbocycles. The van der Waals surface area contributed by atoms with Gasteiger partial charge in [-0.15, -0.1) is 10.2 Å². The van der Waals surface area contributed by atoms with Crippen LogP contribution in [0.4, 0.5) is 4.39 Å². The first kappa shape index (κ1) is 19.7. The van der Waals surface area contributed by atoms with Crippen molar-refractivity contribution in [3.63, 3.8) is 0 Å². The minimum atomic E-state index is -0.397. The summed E-state index contributed by atoms with van der Waals surface area (Å²) in [7, 11) is 0. The van der Waals surface area contributed by atoms with Crippen molar-refractivity contribution in [1.29, 1.82) is 0 Å². The number of nitrogens with zero attached hydrogens (tertiary/aromatic N) is 3. The van der Waals surface area contributed by atoms with Gasteiger partial charge >= 0.3 is 0 Å². The van der Waals surface area contributed by atoms with Crippen molar-refractivity contribution in [1.82, 2.24) is 14.8 Å². The fraction of sp³-hybridized carbons (Fsp3) is 0.182. The highest BCUT2D eigenvalue weighted by atomic mass is 35.5. The molecule has 0 unspecified atom stereocenters. The quantitative estimate of drug-likeness (QED) is 0.333. The molecule has 0 spiro atoms. The first-order valence-electron chi connectivity index (χ1n) is 9.25. The zero-order chi connectivity index (χ0) is 20.2. The molecule has 0 saturated heterocycles. The van der Waals surface area contributed by atoms with E-state index >= 15 is 0 Å². The molecule has 0 aliphatic rings. The van der Waals surface area contributed by atoms with Crippen LogP contribution in [-0.4, -0.2) is 14.8 Å². The van der Waals surface area contributed by atoms with Gasteiger partial charge in [0.2, 0.25) is 0 Å². The van der Waals surface area contributed by atoms with Crippen molar-refractivity contribution >= 4 is 34.1 Å². The van der Waals surface area contributed by atoms with Crippen molar-refractivity contribution < 1.29 is 9.13 Å². The van der Waals surface area contributed by atoms with Gasteiger partial charge in [0.25, 0.3) is 0 Å². The predicted molar refractivity (Wildman–Crippen MR) is 115 cm³/mol. The van der Waals surface area contributed by atoms with Gasteiger partial charge in [-0.25, -0.2) is 4.39 Å². The lowest BCUT2D eigenvalue weighted by Gasteiger charge is -2.10. The van der Waals surface area contributed by atoms with Crippen LogP contribution >= 0.6 is 23.4 Å². The van der Waals surface area contributed by atoms with E-state index in [-0.39, 0.29) is 11.6 Å². The highest BCUT2D eigenvalue weighted by molar-refractivity contribution is 7.98. The first-order chi connectivity index (χ1) is 14.2. The fourth-order valence-corrected chi connectivity index (χ4v) is 4.39. The van der Waals surface area contributed by atoms with Crippen LogP contribution in [0.5, 0.6) is 5.75 Å². The van der Waals surface area contributed by atoms with Crippen LogP contribution in [0.3, 0.4) is 0 Å². The van der Waals surface area contributed by atoms with Crippen LogP contribution in [0, 0.1) is 5.82 Å². The molecule has 0 bridgehead atoms. The minimum Gasteiger partial charge on any atom is -0.484 e. The molecule has 0 atom stereocenters. The number of benzene rings is 3. The van der Waals surface area contributed by atoms with E-state index < -0.39 is 5.82 Å². The van der Waals surface area contributed by atoms with E-state index in [0.29, 0.717) is 11.6 Å². The number of ether oxygens (including phenoxy) is 1. The molecule has 0 fully saturated rings. The number of aromatic nitrogens is 3. The van der Waals surface area contributed by atoms with Gasteiger partial charge in [0, 0.05) is 12.3 Å². The Hall–Kier alpha value is -2.57. The number of thioether (sulfide) groups is 1. The lowest BCUT2D eigenvalue weighted by Crippen LogP contribution is -2.07. The zero-order valence-electron chi connectivity index (χ0n) is 15.8. The average molecular weight is 428 g/mol. The number of hydrogen-bond acceptors (Lipinski definition) is 4. The molecule has 4 nitrogen and oxygen atoms in total. The van der Waals surface area contributed by atoms with Crippen LogP contribution in [0.2, 0.25) is 5.02 Å². The molecule has 0 amide bonds. The summed E-state index contributed by atoms with van der Waals surface area (Å²) < 4.78 is 20.9. The van der Waals surface area contributed by atoms with Gasteiger partial charge in [-0.2, -0.15) is 0 Å². The van der Waals surface area contributed by atoms with Crippen molar-refractivity contribution in [2.24, 2.45) is 0 Å². The number of fused-ring (bicyclic) bond motifs is 1. The maximum absolute atomic E-state index is 13.2. The van der Waals surface area contributed by atoms with Crippen molar-refractivity contribution in [3.8, 4) is 5.75 Å². The summed E-state index contributed by atoms with van der Waals surface area (Å²) >= 11 is 7.67. The van der Waals surface area contributed by atoms with E-state index in [2.05, 4.69) is 46.6 Å². The highest BCUT2D eigenvalue weighted by Crippen LogP contribution is 2.28. The van der Waals surface area contributed by atoms with E-state index in [1.807, 2.05) is 17.6 Å². The molecule has 0 aliphatic heterocycles. The Morgan fingerprint density at radius 1 is 1.07 bits per heavy atom. The van der Waals surface area contributed by atoms with Crippen LogP contribution in [0.1, 0.15) is 18.3 Å². The molecule has 0 radical (unpaired) electrons. The molecule has 4 aromatic rings. The third-order valence-electron chi connectivity index (χ3n) is 4.60. The largest absolute Gasteiger partial charge is 0.484 e. The van der Waals surface area contributed by atoms with Gasteiger partial charge in [-0.3, -0.25) is 0 Å². The Bertz CT molecular complexity index is 1140. The predicted octanol–water partition coefficient (Wildman–Crippen LogP) is 6.12. The molecule has 0 aliphatic carbocycles. The van der Waals surface area contributed by atoms with Gasteiger partial charge < -0.3 is 9.30 Å². The number of halogens is 2. The number of hydrogen-bond donors (Lipinski definition) is 0. The lowest BCUT2D eigenvalue weighted by molar-refractivity contribution is 0.288. The van der Waals surface area contributed by atoms with Crippen LogP contribution in [-0.2, 0) is 18.9 Å². The maximum Gasteiger partial charge on any atom is 0.191 e. The molecule has 3 aromatic carbocycles. The topological polar surface area (TPSA) is 39.9 Å². The van der Waals surface area contributed by atoms with Crippen molar-refractivity contribution in [3.05, 3.63) is 82.9 Å². The normalized spacial score (nSPS) is 11.1. The molecule has 1 aromatic heterocycles.